The van der Waals surface area contributed by atoms with Crippen LogP contribution in [0, 0.1) is 0 Å². The fourth-order valence-electron chi connectivity index (χ4n) is 2.03. The van der Waals surface area contributed by atoms with Crippen molar-refractivity contribution in [3.8, 4) is 5.88 Å². The molecule has 0 amide bonds. The molecule has 0 aliphatic heterocycles. The number of aromatic nitrogens is 1. The largest absolute Gasteiger partial charge is 0.480 e. The number of anilines is 1. The van der Waals surface area contributed by atoms with Gasteiger partial charge in [0.05, 0.1) is 20.8 Å². The molecule has 1 aromatic carbocycles. The summed E-state index contributed by atoms with van der Waals surface area (Å²) in [6.07, 6.45) is 0. The number of hydrogen-bond acceptors (Lipinski definition) is 6. The zero-order chi connectivity index (χ0) is 15.9. The Morgan fingerprint density at radius 1 is 1.18 bits per heavy atom. The smallest absolute Gasteiger partial charge is 0.343 e. The number of pyridine rings is 1. The Morgan fingerprint density at radius 3 is 2.55 bits per heavy atom. The molecule has 1 aromatic heterocycles. The minimum absolute atomic E-state index is 0.0180. The number of nitrogens with one attached hydrogen (secondary N) is 1. The molecule has 0 spiro atoms. The van der Waals surface area contributed by atoms with E-state index in [1.807, 2.05) is 24.3 Å². The fraction of sp³-hybridized carbons (Fsp3) is 0.250. The first kappa shape index (κ1) is 15.8. The van der Waals surface area contributed by atoms with E-state index >= 15 is 0 Å². The van der Waals surface area contributed by atoms with E-state index in [4.69, 9.17) is 4.74 Å². The zero-order valence-corrected chi connectivity index (χ0v) is 12.5. The molecule has 0 aliphatic rings. The van der Waals surface area contributed by atoms with Crippen LogP contribution < -0.4 is 10.1 Å². The summed E-state index contributed by atoms with van der Waals surface area (Å²) in [5.41, 5.74) is 2.10. The molecule has 116 valence electrons. The molecule has 22 heavy (non-hydrogen) atoms. The molecule has 0 saturated carbocycles. The van der Waals surface area contributed by atoms with E-state index in [1.54, 1.807) is 12.1 Å². The van der Waals surface area contributed by atoms with Gasteiger partial charge in [0, 0.05) is 6.54 Å². The molecule has 6 nitrogen and oxygen atoms in total. The van der Waals surface area contributed by atoms with Crippen LogP contribution >= 0.6 is 0 Å². The average Bonchev–Trinajstić information content (AvgIpc) is 2.59. The highest BCUT2D eigenvalue weighted by Crippen LogP contribution is 2.20. The molecule has 0 bridgehead atoms. The van der Waals surface area contributed by atoms with Gasteiger partial charge in [-0.25, -0.2) is 4.79 Å². The van der Waals surface area contributed by atoms with Crippen LogP contribution in [0.25, 0.3) is 0 Å². The summed E-state index contributed by atoms with van der Waals surface area (Å²) in [5.74, 6) is 0.270. The molecule has 0 radical (unpaired) electrons. The van der Waals surface area contributed by atoms with Crippen molar-refractivity contribution in [1.29, 1.82) is 0 Å². The molecule has 2 N–H and O–H groups in total. The van der Waals surface area contributed by atoms with E-state index in [-0.39, 0.29) is 18.1 Å². The second kappa shape index (κ2) is 7.42. The number of carbonyl (C=O) groups is 1. The number of aliphatic hydroxyl groups is 1. The van der Waals surface area contributed by atoms with Gasteiger partial charge in [-0.2, -0.15) is 4.98 Å². The molecular weight excluding hydrogens is 284 g/mol. The highest BCUT2D eigenvalue weighted by molar-refractivity contribution is 5.92. The van der Waals surface area contributed by atoms with Gasteiger partial charge in [0.2, 0.25) is 5.88 Å². The van der Waals surface area contributed by atoms with Gasteiger partial charge in [-0.3, -0.25) is 0 Å². The maximum absolute atomic E-state index is 11.6. The summed E-state index contributed by atoms with van der Waals surface area (Å²) in [6.45, 7) is 0.486. The van der Waals surface area contributed by atoms with E-state index in [0.717, 1.165) is 11.1 Å². The Bertz CT molecular complexity index is 658. The third kappa shape index (κ3) is 3.53. The van der Waals surface area contributed by atoms with Crippen molar-refractivity contribution in [1.82, 2.24) is 4.98 Å². The van der Waals surface area contributed by atoms with Crippen molar-refractivity contribution in [3.63, 3.8) is 0 Å². The van der Waals surface area contributed by atoms with Gasteiger partial charge in [-0.1, -0.05) is 24.3 Å². The van der Waals surface area contributed by atoms with Crippen molar-refractivity contribution < 1.29 is 19.4 Å². The monoisotopic (exact) mass is 302 g/mol. The van der Waals surface area contributed by atoms with E-state index in [2.05, 4.69) is 15.0 Å². The number of carbonyl (C=O) groups excluding carboxylic acids is 1. The van der Waals surface area contributed by atoms with Crippen molar-refractivity contribution >= 4 is 11.8 Å². The fourth-order valence-corrected chi connectivity index (χ4v) is 2.03. The topological polar surface area (TPSA) is 80.7 Å². The van der Waals surface area contributed by atoms with Crippen molar-refractivity contribution in [3.05, 3.63) is 53.1 Å². The minimum Gasteiger partial charge on any atom is -0.480 e. The Hall–Kier alpha value is -2.60. The third-order valence-electron chi connectivity index (χ3n) is 3.21. The lowest BCUT2D eigenvalue weighted by atomic mass is 10.1. The van der Waals surface area contributed by atoms with Crippen LogP contribution in [0.1, 0.15) is 21.5 Å². The van der Waals surface area contributed by atoms with Crippen molar-refractivity contribution in [2.24, 2.45) is 0 Å². The first-order chi connectivity index (χ1) is 10.7. The molecule has 0 atom stereocenters. The van der Waals surface area contributed by atoms with Crippen LogP contribution in [-0.2, 0) is 17.9 Å². The van der Waals surface area contributed by atoms with Crippen LogP contribution in [0.3, 0.4) is 0 Å². The number of nitrogens with zero attached hydrogens (tertiary/aromatic N) is 1. The number of aliphatic hydroxyl groups excluding tert-OH is 1. The Labute approximate surface area is 128 Å². The zero-order valence-electron chi connectivity index (χ0n) is 12.5. The number of esters is 1. The standard InChI is InChI=1S/C16H18N2O4/c1-21-15-13(16(20)22-2)7-8-14(18-15)17-9-11-5-3-4-6-12(11)10-19/h3-8,19H,9-10H2,1-2H3,(H,17,18). The van der Waals surface area contributed by atoms with E-state index in [1.165, 1.54) is 14.2 Å². The first-order valence-electron chi connectivity index (χ1n) is 6.74. The summed E-state index contributed by atoms with van der Waals surface area (Å²) in [4.78, 5) is 15.8. The molecule has 0 fully saturated rings. The van der Waals surface area contributed by atoms with Crippen LogP contribution in [0.5, 0.6) is 5.88 Å². The van der Waals surface area contributed by atoms with Crippen molar-refractivity contribution in [2.45, 2.75) is 13.2 Å². The lowest BCUT2D eigenvalue weighted by Crippen LogP contribution is -2.08. The normalized spacial score (nSPS) is 10.1. The first-order valence-corrected chi connectivity index (χ1v) is 6.74. The van der Waals surface area contributed by atoms with Gasteiger partial charge in [0.1, 0.15) is 11.4 Å². The third-order valence-corrected chi connectivity index (χ3v) is 3.21. The van der Waals surface area contributed by atoms with Gasteiger partial charge in [0.15, 0.2) is 0 Å². The predicted molar refractivity (Wildman–Crippen MR) is 81.8 cm³/mol. The van der Waals surface area contributed by atoms with E-state index in [9.17, 15) is 9.90 Å². The van der Waals surface area contributed by atoms with E-state index < -0.39 is 5.97 Å². The second-order valence-electron chi connectivity index (χ2n) is 4.53. The molecule has 1 heterocycles. The number of hydrogen-bond donors (Lipinski definition) is 2. The van der Waals surface area contributed by atoms with Gasteiger partial charge in [-0.05, 0) is 23.3 Å². The molecule has 0 unspecified atom stereocenters. The van der Waals surface area contributed by atoms with Crippen LogP contribution in [0.2, 0.25) is 0 Å². The Morgan fingerprint density at radius 2 is 1.91 bits per heavy atom. The molecular formula is C16H18N2O4. The summed E-state index contributed by atoms with van der Waals surface area (Å²) in [6, 6.07) is 10.9. The van der Waals surface area contributed by atoms with E-state index in [0.29, 0.717) is 12.4 Å². The number of ether oxygens (including phenoxy) is 2. The van der Waals surface area contributed by atoms with Crippen LogP contribution in [0.4, 0.5) is 5.82 Å². The molecule has 0 saturated heterocycles. The quantitative estimate of drug-likeness (QED) is 0.794. The average molecular weight is 302 g/mol. The summed E-state index contributed by atoms with van der Waals surface area (Å²) < 4.78 is 9.79. The van der Waals surface area contributed by atoms with Crippen LogP contribution in [-0.4, -0.2) is 30.3 Å². The van der Waals surface area contributed by atoms with Gasteiger partial charge in [0.25, 0.3) is 0 Å². The van der Waals surface area contributed by atoms with Gasteiger partial charge >= 0.3 is 5.97 Å². The lowest BCUT2D eigenvalue weighted by molar-refractivity contribution is 0.0596. The van der Waals surface area contributed by atoms with Gasteiger partial charge < -0.3 is 19.9 Å². The number of rotatable bonds is 6. The molecule has 6 heteroatoms. The summed E-state index contributed by atoms with van der Waals surface area (Å²) >= 11 is 0. The lowest BCUT2D eigenvalue weighted by Gasteiger charge is -2.11. The van der Waals surface area contributed by atoms with Crippen molar-refractivity contribution in [2.75, 3.05) is 19.5 Å². The minimum atomic E-state index is -0.499. The SMILES string of the molecule is COC(=O)c1ccc(NCc2ccccc2CO)nc1OC. The Kier molecular flexibility index (Phi) is 5.32. The van der Waals surface area contributed by atoms with Crippen LogP contribution in [0.15, 0.2) is 36.4 Å². The maximum atomic E-state index is 11.6. The molecule has 0 aliphatic carbocycles. The summed E-state index contributed by atoms with van der Waals surface area (Å²) in [5, 5.41) is 12.4. The predicted octanol–water partition coefficient (Wildman–Crippen LogP) is 1.98. The second-order valence-corrected chi connectivity index (χ2v) is 4.53. The van der Waals surface area contributed by atoms with Gasteiger partial charge in [-0.15, -0.1) is 0 Å². The highest BCUT2D eigenvalue weighted by atomic mass is 16.5. The molecule has 2 aromatic rings. The summed E-state index contributed by atoms with van der Waals surface area (Å²) in [7, 11) is 2.75. The highest BCUT2D eigenvalue weighted by Gasteiger charge is 2.14. The Balaban J connectivity index is 2.15. The maximum Gasteiger partial charge on any atom is 0.343 e. The molecule has 2 rings (SSSR count). The number of benzene rings is 1. The number of methoxy groups -OCH3 is 2.